The Morgan fingerprint density at radius 2 is 0.954 bits per heavy atom. The van der Waals surface area contributed by atoms with Crippen LogP contribution in [0.2, 0.25) is 0 Å². The summed E-state index contributed by atoms with van der Waals surface area (Å²) < 4.78 is 0. The Morgan fingerprint density at radius 3 is 1.69 bits per heavy atom. The molecule has 0 saturated carbocycles. The lowest BCUT2D eigenvalue weighted by Crippen LogP contribution is -2.25. The summed E-state index contributed by atoms with van der Waals surface area (Å²) in [4.78, 5) is 2.49. The quantitative estimate of drug-likeness (QED) is 0.161. The molecule has 0 radical (unpaired) electrons. The number of fused-ring (bicyclic) bond motifs is 13. The van der Waals surface area contributed by atoms with Crippen molar-refractivity contribution in [2.24, 2.45) is 0 Å². The van der Waals surface area contributed by atoms with E-state index in [2.05, 4.69) is 249 Å². The number of benzene rings is 9. The van der Waals surface area contributed by atoms with Gasteiger partial charge in [-0.1, -0.05) is 202 Å². The zero-order valence-electron chi connectivity index (χ0n) is 36.7. The number of hydrogen-bond donors (Lipinski definition) is 0. The predicted molar refractivity (Wildman–Crippen MR) is 271 cm³/mol. The second-order valence-corrected chi connectivity index (χ2v) is 18.7. The molecule has 13 rings (SSSR count). The van der Waals surface area contributed by atoms with Gasteiger partial charge in [0.1, 0.15) is 0 Å². The molecule has 1 spiro atoms. The van der Waals surface area contributed by atoms with Gasteiger partial charge in [-0.25, -0.2) is 0 Å². The molecule has 0 aliphatic heterocycles. The standard InChI is InChI=1S/C64H47N/c1-63(2)56-25-13-9-22-50(56)53-37-35-48(41-60(53)63)65(47-33-29-44(30-34-47)42-17-5-3-6-18-42)62-28-16-12-21-49(62)46-32-38-59-55(39-46)52-24-11-15-27-58(52)64(59)57-26-14-10-23-51(57)54-36-31-45(40-61(54)64)43-19-7-4-8-20-43/h3-17,19-42H,18H2,1-2H3. The molecule has 9 aromatic rings. The third-order valence-electron chi connectivity index (χ3n) is 15.0. The molecule has 308 valence electrons. The fraction of sp³-hybridized carbons (Fsp3) is 0.0938. The van der Waals surface area contributed by atoms with Crippen LogP contribution in [-0.2, 0) is 10.8 Å². The number of allylic oxidation sites excluding steroid dienone is 4. The van der Waals surface area contributed by atoms with Gasteiger partial charge >= 0.3 is 0 Å². The van der Waals surface area contributed by atoms with Gasteiger partial charge in [0, 0.05) is 28.3 Å². The molecule has 1 heteroatoms. The SMILES string of the molecule is CC1(C)c2ccccc2-c2ccc(N(c3ccc(C4C=CC=CC4)cc3)c3ccccc3-c3ccc4c(c3)-c3ccccc3C43c4ccccc4-c4ccc(-c5ccccc5)cc43)cc21. The number of rotatable bonds is 6. The van der Waals surface area contributed by atoms with Crippen LogP contribution in [0.3, 0.4) is 0 Å². The predicted octanol–water partition coefficient (Wildman–Crippen LogP) is 16.7. The van der Waals surface area contributed by atoms with Crippen molar-refractivity contribution in [2.45, 2.75) is 37.0 Å². The summed E-state index contributed by atoms with van der Waals surface area (Å²) in [5, 5.41) is 0. The Balaban J connectivity index is 0.994. The molecule has 9 aromatic carbocycles. The van der Waals surface area contributed by atoms with Crippen molar-refractivity contribution in [3.63, 3.8) is 0 Å². The third kappa shape index (κ3) is 5.52. The Labute approximate surface area is 382 Å². The van der Waals surface area contributed by atoms with Crippen LogP contribution in [0, 0.1) is 0 Å². The second-order valence-electron chi connectivity index (χ2n) is 18.7. The number of nitrogens with zero attached hydrogens (tertiary/aromatic N) is 1. The second kappa shape index (κ2) is 14.4. The molecule has 2 unspecified atom stereocenters. The van der Waals surface area contributed by atoms with E-state index < -0.39 is 5.41 Å². The maximum absolute atomic E-state index is 2.49. The first-order valence-corrected chi connectivity index (χ1v) is 23.1. The molecule has 0 bridgehead atoms. The van der Waals surface area contributed by atoms with Gasteiger partial charge in [-0.3, -0.25) is 0 Å². The maximum Gasteiger partial charge on any atom is 0.0725 e. The van der Waals surface area contributed by atoms with E-state index in [0.717, 1.165) is 23.5 Å². The summed E-state index contributed by atoms with van der Waals surface area (Å²) in [5.74, 6) is 0.385. The van der Waals surface area contributed by atoms with Crippen LogP contribution in [0.5, 0.6) is 0 Å². The van der Waals surface area contributed by atoms with Crippen molar-refractivity contribution in [3.8, 4) is 55.6 Å². The Morgan fingerprint density at radius 1 is 0.385 bits per heavy atom. The van der Waals surface area contributed by atoms with Crippen LogP contribution in [0.15, 0.2) is 231 Å². The molecular weight excluding hydrogens is 783 g/mol. The smallest absolute Gasteiger partial charge is 0.0725 e. The third-order valence-corrected chi connectivity index (χ3v) is 15.0. The highest BCUT2D eigenvalue weighted by Gasteiger charge is 2.51. The van der Waals surface area contributed by atoms with E-state index in [1.165, 1.54) is 94.6 Å². The summed E-state index contributed by atoms with van der Waals surface area (Å²) in [7, 11) is 0. The van der Waals surface area contributed by atoms with E-state index in [9.17, 15) is 0 Å². The van der Waals surface area contributed by atoms with Crippen molar-refractivity contribution in [1.82, 2.24) is 0 Å². The summed E-state index contributed by atoms with van der Waals surface area (Å²) >= 11 is 0. The molecule has 4 aliphatic carbocycles. The van der Waals surface area contributed by atoms with E-state index in [-0.39, 0.29) is 5.41 Å². The van der Waals surface area contributed by atoms with Crippen LogP contribution in [-0.4, -0.2) is 0 Å². The first-order valence-electron chi connectivity index (χ1n) is 23.1. The number of para-hydroxylation sites is 1. The normalized spacial score (nSPS) is 17.5. The monoisotopic (exact) mass is 829 g/mol. The minimum Gasteiger partial charge on any atom is -0.310 e. The fourth-order valence-electron chi connectivity index (χ4n) is 12.0. The van der Waals surface area contributed by atoms with E-state index >= 15 is 0 Å². The summed E-state index contributed by atoms with van der Waals surface area (Å²) in [6.45, 7) is 4.75. The largest absolute Gasteiger partial charge is 0.310 e. The molecular formula is C64H47N. The molecule has 0 N–H and O–H groups in total. The minimum absolute atomic E-state index is 0.125. The van der Waals surface area contributed by atoms with Crippen molar-refractivity contribution < 1.29 is 0 Å². The van der Waals surface area contributed by atoms with Gasteiger partial charge in [0.05, 0.1) is 11.1 Å². The average Bonchev–Trinajstić information content (AvgIpc) is 3.92. The molecule has 0 amide bonds. The van der Waals surface area contributed by atoms with Crippen LogP contribution in [0.4, 0.5) is 17.1 Å². The van der Waals surface area contributed by atoms with E-state index in [1.54, 1.807) is 0 Å². The van der Waals surface area contributed by atoms with Crippen molar-refractivity contribution >= 4 is 17.1 Å². The van der Waals surface area contributed by atoms with Gasteiger partial charge < -0.3 is 4.90 Å². The lowest BCUT2D eigenvalue weighted by atomic mass is 9.70. The molecule has 0 saturated heterocycles. The molecule has 0 aromatic heterocycles. The highest BCUT2D eigenvalue weighted by atomic mass is 15.1. The molecule has 2 atom stereocenters. The van der Waals surface area contributed by atoms with Crippen molar-refractivity contribution in [1.29, 1.82) is 0 Å². The lowest BCUT2D eigenvalue weighted by Gasteiger charge is -2.31. The van der Waals surface area contributed by atoms with E-state index in [0.29, 0.717) is 5.92 Å². The van der Waals surface area contributed by atoms with E-state index in [1.807, 2.05) is 0 Å². The van der Waals surface area contributed by atoms with Gasteiger partial charge in [-0.05, 0) is 138 Å². The zero-order chi connectivity index (χ0) is 43.3. The van der Waals surface area contributed by atoms with Gasteiger partial charge in [0.2, 0.25) is 0 Å². The Kier molecular flexibility index (Phi) is 8.37. The highest BCUT2D eigenvalue weighted by molar-refractivity contribution is 5.98. The van der Waals surface area contributed by atoms with Crippen LogP contribution < -0.4 is 4.90 Å². The lowest BCUT2D eigenvalue weighted by molar-refractivity contribution is 0.660. The fourth-order valence-corrected chi connectivity index (χ4v) is 12.0. The summed E-state index contributed by atoms with van der Waals surface area (Å²) in [5.41, 5.74) is 25.1. The Hall–Kier alpha value is -7.74. The minimum atomic E-state index is -0.438. The van der Waals surface area contributed by atoms with Gasteiger partial charge in [0.15, 0.2) is 0 Å². The van der Waals surface area contributed by atoms with E-state index in [4.69, 9.17) is 0 Å². The molecule has 4 aliphatic rings. The Bertz CT molecular complexity index is 3440. The molecule has 0 heterocycles. The number of hydrogen-bond acceptors (Lipinski definition) is 1. The molecule has 65 heavy (non-hydrogen) atoms. The van der Waals surface area contributed by atoms with Crippen LogP contribution in [0.1, 0.15) is 65.1 Å². The van der Waals surface area contributed by atoms with Crippen LogP contribution >= 0.6 is 0 Å². The van der Waals surface area contributed by atoms with Gasteiger partial charge in [0.25, 0.3) is 0 Å². The number of anilines is 3. The average molecular weight is 830 g/mol. The topological polar surface area (TPSA) is 3.24 Å². The van der Waals surface area contributed by atoms with Gasteiger partial charge in [-0.15, -0.1) is 0 Å². The zero-order valence-corrected chi connectivity index (χ0v) is 36.7. The van der Waals surface area contributed by atoms with Crippen LogP contribution in [0.25, 0.3) is 55.6 Å². The summed E-state index contributed by atoms with van der Waals surface area (Å²) in [6, 6.07) is 77.9. The first kappa shape index (κ1) is 37.8. The summed E-state index contributed by atoms with van der Waals surface area (Å²) in [6.07, 6.45) is 9.95. The highest BCUT2D eigenvalue weighted by Crippen LogP contribution is 2.63. The molecule has 0 fully saturated rings. The van der Waals surface area contributed by atoms with Gasteiger partial charge in [-0.2, -0.15) is 0 Å². The maximum atomic E-state index is 2.49. The van der Waals surface area contributed by atoms with Crippen molar-refractivity contribution in [3.05, 3.63) is 270 Å². The first-order chi connectivity index (χ1) is 32.0. The van der Waals surface area contributed by atoms with Crippen molar-refractivity contribution in [2.75, 3.05) is 4.90 Å². The molecule has 1 nitrogen and oxygen atoms in total.